The van der Waals surface area contributed by atoms with Gasteiger partial charge in [-0.15, -0.1) is 11.8 Å². The average molecular weight is 240 g/mol. The fraction of sp³-hybridized carbons (Fsp3) is 0.714. The van der Waals surface area contributed by atoms with Crippen LogP contribution in [0, 0.1) is 5.92 Å². The molecule has 0 aromatic carbocycles. The second-order valence-electron chi connectivity index (χ2n) is 3.44. The Kier molecular flexibility index (Phi) is 2.65. The molecule has 0 saturated carbocycles. The summed E-state index contributed by atoms with van der Waals surface area (Å²) in [5.41, 5.74) is 0. The van der Waals surface area contributed by atoms with Crippen molar-refractivity contribution in [1.82, 2.24) is 0 Å². The summed E-state index contributed by atoms with van der Waals surface area (Å²) in [6.07, 6.45) is 4.27. The lowest BCUT2D eigenvalue weighted by Gasteiger charge is -2.25. The van der Waals surface area contributed by atoms with Gasteiger partial charge in [0.05, 0.1) is 0 Å². The molecule has 2 atom stereocenters. The highest BCUT2D eigenvalue weighted by molar-refractivity contribution is 8.25. The van der Waals surface area contributed by atoms with Gasteiger partial charge < -0.3 is 0 Å². The van der Waals surface area contributed by atoms with Crippen LogP contribution < -0.4 is 5.14 Å². The molecule has 0 spiro atoms. The first-order valence-electron chi connectivity index (χ1n) is 4.32. The quantitative estimate of drug-likeness (QED) is 0.727. The third-order valence-electron chi connectivity index (χ3n) is 2.45. The van der Waals surface area contributed by atoms with E-state index in [0.29, 0.717) is 26.5 Å². The predicted molar refractivity (Wildman–Crippen MR) is 61.9 cm³/mol. The highest BCUT2D eigenvalue weighted by atomic mass is 32.3. The van der Waals surface area contributed by atoms with Crippen LogP contribution in [0.15, 0.2) is 10.3 Å². The van der Waals surface area contributed by atoms with E-state index >= 15 is 0 Å². The van der Waals surface area contributed by atoms with E-state index in [2.05, 4.69) is 0 Å². The molecule has 2 aliphatic heterocycles. The summed E-state index contributed by atoms with van der Waals surface area (Å²) in [5.74, 6) is 1.79. The molecule has 2 heterocycles. The number of fused-ring (bicyclic) bond motifs is 1. The standard InChI is InChI=1S/C7H14NO2S3/c8-13(9,10)6-4-5-2-1-3-11-7(5)12-6/h4-5,7H,1-3H2,11H3,(H2,8,9,10). The number of nitrogens with two attached hydrogens (primary N) is 1. The zero-order valence-electron chi connectivity index (χ0n) is 7.14. The van der Waals surface area contributed by atoms with Gasteiger partial charge in [-0.05, 0) is 24.5 Å². The summed E-state index contributed by atoms with van der Waals surface area (Å²) >= 11 is 1.90. The van der Waals surface area contributed by atoms with Crippen LogP contribution in [0.2, 0.25) is 0 Å². The van der Waals surface area contributed by atoms with E-state index in [1.165, 1.54) is 23.9 Å². The molecular formula is C7H14NO2S3. The molecule has 1 saturated heterocycles. The highest BCUT2D eigenvalue weighted by Crippen LogP contribution is 2.48. The first-order valence-corrected chi connectivity index (χ1v) is 8.23. The lowest BCUT2D eigenvalue weighted by Crippen LogP contribution is -2.13. The predicted octanol–water partition coefficient (Wildman–Crippen LogP) is 0.529. The van der Waals surface area contributed by atoms with Crippen LogP contribution in [0.5, 0.6) is 0 Å². The average Bonchev–Trinajstić information content (AvgIpc) is 2.45. The van der Waals surface area contributed by atoms with Crippen molar-refractivity contribution in [2.24, 2.45) is 11.1 Å². The van der Waals surface area contributed by atoms with Crippen molar-refractivity contribution >= 4 is 33.5 Å². The fourth-order valence-electron chi connectivity index (χ4n) is 1.80. The Balaban J connectivity index is 2.19. The van der Waals surface area contributed by atoms with Crippen molar-refractivity contribution in [3.63, 3.8) is 0 Å². The van der Waals surface area contributed by atoms with Crippen LogP contribution in [0.25, 0.3) is 0 Å². The lowest BCUT2D eigenvalue weighted by molar-refractivity contribution is 0.603. The van der Waals surface area contributed by atoms with E-state index < -0.39 is 10.0 Å². The minimum absolute atomic E-state index is 0.414. The molecule has 0 amide bonds. The van der Waals surface area contributed by atoms with E-state index in [1.54, 1.807) is 0 Å². The zero-order chi connectivity index (χ0) is 9.47. The molecule has 6 heteroatoms. The second-order valence-corrected chi connectivity index (χ2v) is 8.70. The zero-order valence-corrected chi connectivity index (χ0v) is 9.93. The molecule has 1 radical (unpaired) electrons. The Labute approximate surface area is 86.6 Å². The summed E-state index contributed by atoms with van der Waals surface area (Å²) in [7, 11) is -3.42. The molecule has 77 valence electrons. The van der Waals surface area contributed by atoms with Gasteiger partial charge in [-0.3, -0.25) is 11.8 Å². The molecule has 0 bridgehead atoms. The topological polar surface area (TPSA) is 60.2 Å². The monoisotopic (exact) mass is 240 g/mol. The third kappa shape index (κ3) is 2.06. The summed E-state index contributed by atoms with van der Waals surface area (Å²) in [5, 5.41) is 5.09. The van der Waals surface area contributed by atoms with Crippen LogP contribution in [-0.4, -0.2) is 18.8 Å². The summed E-state index contributed by atoms with van der Waals surface area (Å²) < 4.78 is 23.1. The van der Waals surface area contributed by atoms with Crippen molar-refractivity contribution in [1.29, 1.82) is 0 Å². The largest absolute Gasteiger partial charge is 0.282 e. The Bertz CT molecular complexity index is 336. The Hall–Kier alpha value is 0.350. The normalized spacial score (nSPS) is 34.7. The molecule has 2 N–H and O–H groups in total. The molecular weight excluding hydrogens is 226 g/mol. The smallest absolute Gasteiger partial charge is 0.243 e. The van der Waals surface area contributed by atoms with Gasteiger partial charge in [-0.25, -0.2) is 13.6 Å². The van der Waals surface area contributed by atoms with E-state index in [9.17, 15) is 8.42 Å². The number of primary sulfonamides is 1. The van der Waals surface area contributed by atoms with Crippen LogP contribution in [-0.2, 0) is 10.0 Å². The minimum Gasteiger partial charge on any atom is -0.282 e. The summed E-state index contributed by atoms with van der Waals surface area (Å²) in [6, 6.07) is 0. The van der Waals surface area contributed by atoms with E-state index in [0.717, 1.165) is 6.42 Å². The van der Waals surface area contributed by atoms with Gasteiger partial charge in [-0.2, -0.15) is 0 Å². The molecule has 1 fully saturated rings. The van der Waals surface area contributed by atoms with Crippen LogP contribution >= 0.6 is 23.5 Å². The number of hydrogen-bond donors (Lipinski definition) is 1. The second kappa shape index (κ2) is 3.49. The molecule has 3 nitrogen and oxygen atoms in total. The Morgan fingerprint density at radius 1 is 1.62 bits per heavy atom. The maximum absolute atomic E-state index is 11.1. The van der Waals surface area contributed by atoms with Gasteiger partial charge in [0.25, 0.3) is 0 Å². The van der Waals surface area contributed by atoms with Gasteiger partial charge in [0.15, 0.2) is 0 Å². The molecule has 2 aliphatic rings. The number of thioether (sulfide) groups is 1. The van der Waals surface area contributed by atoms with Crippen molar-refractivity contribution < 1.29 is 8.42 Å². The fourth-order valence-corrected chi connectivity index (χ4v) is 6.93. The number of sulfonamides is 1. The van der Waals surface area contributed by atoms with E-state index in [-0.39, 0.29) is 0 Å². The maximum Gasteiger partial charge on any atom is 0.243 e. The van der Waals surface area contributed by atoms with Gasteiger partial charge in [0.2, 0.25) is 10.0 Å². The van der Waals surface area contributed by atoms with Crippen molar-refractivity contribution in [3.8, 4) is 0 Å². The first kappa shape index (κ1) is 9.89. The van der Waals surface area contributed by atoms with Crippen molar-refractivity contribution in [2.75, 3.05) is 5.75 Å². The van der Waals surface area contributed by atoms with Crippen LogP contribution in [0.3, 0.4) is 0 Å². The Morgan fingerprint density at radius 2 is 2.38 bits per heavy atom. The molecule has 13 heavy (non-hydrogen) atoms. The van der Waals surface area contributed by atoms with E-state index in [4.69, 9.17) is 5.14 Å². The molecule has 0 aromatic rings. The third-order valence-corrected chi connectivity index (χ3v) is 7.80. The van der Waals surface area contributed by atoms with Gasteiger partial charge >= 0.3 is 0 Å². The molecule has 2 unspecified atom stereocenters. The number of hydrogen-bond acceptors (Lipinski definition) is 3. The minimum atomic E-state index is -3.42. The molecule has 2 rings (SSSR count). The molecule has 0 aromatic heterocycles. The number of allylic oxidation sites excluding steroid dienone is 1. The van der Waals surface area contributed by atoms with Gasteiger partial charge in [-0.1, -0.05) is 6.08 Å². The summed E-state index contributed by atoms with van der Waals surface area (Å²) in [4.78, 5) is 0. The SMILES string of the molecule is NS(=O)(=O)C1=CC2CCC[SH3]C2S1. The number of rotatable bonds is 1. The van der Waals surface area contributed by atoms with Crippen LogP contribution in [0.1, 0.15) is 12.8 Å². The van der Waals surface area contributed by atoms with Crippen molar-refractivity contribution in [2.45, 2.75) is 17.4 Å². The van der Waals surface area contributed by atoms with E-state index in [1.807, 2.05) is 6.08 Å². The van der Waals surface area contributed by atoms with Gasteiger partial charge in [0.1, 0.15) is 4.24 Å². The maximum atomic E-state index is 11.1. The Morgan fingerprint density at radius 3 is 3.00 bits per heavy atom. The lowest BCUT2D eigenvalue weighted by atomic mass is 10.1. The summed E-state index contributed by atoms with van der Waals surface area (Å²) in [6.45, 7) is 0. The van der Waals surface area contributed by atoms with Crippen LogP contribution in [0.4, 0.5) is 0 Å². The van der Waals surface area contributed by atoms with Gasteiger partial charge in [0, 0.05) is 4.58 Å². The molecule has 0 aliphatic carbocycles. The van der Waals surface area contributed by atoms with Crippen molar-refractivity contribution in [3.05, 3.63) is 10.3 Å². The first-order chi connectivity index (χ1) is 6.07. The highest BCUT2D eigenvalue weighted by Gasteiger charge is 2.33.